The number of aliphatic hydroxyl groups excluding tert-OH is 1. The highest BCUT2D eigenvalue weighted by atomic mass is 16.3. The zero-order chi connectivity index (χ0) is 15.5. The van der Waals surface area contributed by atoms with Gasteiger partial charge in [0.15, 0.2) is 0 Å². The van der Waals surface area contributed by atoms with Crippen molar-refractivity contribution in [3.05, 3.63) is 0 Å². The standard InChI is InChI=1S/C16H34N2O2/c1-13(2)8-6-9-15(5)17-16(20)12-18(14(3)4)10-7-11-19/h13-15,19H,6-12H2,1-5H3,(H,17,20). The lowest BCUT2D eigenvalue weighted by molar-refractivity contribution is -0.123. The van der Waals surface area contributed by atoms with Crippen molar-refractivity contribution in [1.29, 1.82) is 0 Å². The Labute approximate surface area is 124 Å². The summed E-state index contributed by atoms with van der Waals surface area (Å²) in [5.74, 6) is 0.821. The summed E-state index contributed by atoms with van der Waals surface area (Å²) in [4.78, 5) is 14.1. The van der Waals surface area contributed by atoms with E-state index in [9.17, 15) is 4.79 Å². The number of nitrogens with zero attached hydrogens (tertiary/aromatic N) is 1. The molecule has 0 aromatic heterocycles. The lowest BCUT2D eigenvalue weighted by atomic mass is 10.0. The van der Waals surface area contributed by atoms with Crippen LogP contribution in [0.25, 0.3) is 0 Å². The molecule has 4 heteroatoms. The van der Waals surface area contributed by atoms with E-state index in [1.54, 1.807) is 0 Å². The number of carbonyl (C=O) groups is 1. The first-order valence-corrected chi connectivity index (χ1v) is 8.01. The van der Waals surface area contributed by atoms with Gasteiger partial charge in [-0.2, -0.15) is 0 Å². The molecular formula is C16H34N2O2. The lowest BCUT2D eigenvalue weighted by Crippen LogP contribution is -2.44. The van der Waals surface area contributed by atoms with Gasteiger partial charge in [-0.3, -0.25) is 9.69 Å². The van der Waals surface area contributed by atoms with Crippen LogP contribution in [0.15, 0.2) is 0 Å². The molecular weight excluding hydrogens is 252 g/mol. The maximum atomic E-state index is 12.0. The van der Waals surface area contributed by atoms with Gasteiger partial charge in [-0.25, -0.2) is 0 Å². The van der Waals surface area contributed by atoms with Crippen molar-refractivity contribution in [2.45, 2.75) is 72.4 Å². The number of hydrogen-bond acceptors (Lipinski definition) is 3. The van der Waals surface area contributed by atoms with E-state index in [0.29, 0.717) is 12.6 Å². The molecule has 0 aliphatic rings. The number of rotatable bonds is 11. The molecule has 0 saturated heterocycles. The van der Waals surface area contributed by atoms with Crippen molar-refractivity contribution in [2.75, 3.05) is 19.7 Å². The van der Waals surface area contributed by atoms with E-state index in [4.69, 9.17) is 5.11 Å². The Kier molecular flexibility index (Phi) is 10.8. The summed E-state index contributed by atoms with van der Waals surface area (Å²) >= 11 is 0. The Bertz CT molecular complexity index is 255. The molecule has 0 aromatic rings. The molecule has 0 heterocycles. The smallest absolute Gasteiger partial charge is 0.234 e. The van der Waals surface area contributed by atoms with Gasteiger partial charge in [0, 0.05) is 25.2 Å². The zero-order valence-electron chi connectivity index (χ0n) is 14.0. The van der Waals surface area contributed by atoms with Crippen LogP contribution in [0.3, 0.4) is 0 Å². The van der Waals surface area contributed by atoms with Gasteiger partial charge in [-0.1, -0.05) is 26.7 Å². The number of nitrogens with one attached hydrogen (secondary N) is 1. The van der Waals surface area contributed by atoms with Crippen LogP contribution in [0, 0.1) is 5.92 Å². The third-order valence-corrected chi connectivity index (χ3v) is 3.51. The maximum absolute atomic E-state index is 12.0. The van der Waals surface area contributed by atoms with Crippen LogP contribution in [0.2, 0.25) is 0 Å². The molecule has 1 atom stereocenters. The normalized spacial score (nSPS) is 13.2. The molecule has 0 spiro atoms. The second kappa shape index (κ2) is 11.1. The Morgan fingerprint density at radius 3 is 2.25 bits per heavy atom. The Morgan fingerprint density at radius 1 is 1.10 bits per heavy atom. The summed E-state index contributed by atoms with van der Waals surface area (Å²) in [6, 6.07) is 0.566. The van der Waals surface area contributed by atoms with Gasteiger partial charge >= 0.3 is 0 Å². The van der Waals surface area contributed by atoms with Gasteiger partial charge in [0.05, 0.1) is 6.54 Å². The fourth-order valence-corrected chi connectivity index (χ4v) is 2.20. The van der Waals surface area contributed by atoms with E-state index in [-0.39, 0.29) is 18.6 Å². The summed E-state index contributed by atoms with van der Waals surface area (Å²) in [5, 5.41) is 12.0. The number of hydrogen-bond donors (Lipinski definition) is 2. The minimum atomic E-state index is 0.0914. The van der Waals surface area contributed by atoms with E-state index in [1.807, 2.05) is 0 Å². The first kappa shape index (κ1) is 19.4. The van der Waals surface area contributed by atoms with Gasteiger partial charge in [0.2, 0.25) is 5.91 Å². The maximum Gasteiger partial charge on any atom is 0.234 e. The molecule has 0 aliphatic heterocycles. The van der Waals surface area contributed by atoms with Crippen molar-refractivity contribution in [1.82, 2.24) is 10.2 Å². The molecule has 0 rings (SSSR count). The van der Waals surface area contributed by atoms with Crippen LogP contribution in [-0.4, -0.2) is 47.7 Å². The van der Waals surface area contributed by atoms with E-state index >= 15 is 0 Å². The summed E-state index contributed by atoms with van der Waals surface area (Å²) in [5.41, 5.74) is 0. The van der Waals surface area contributed by atoms with Crippen molar-refractivity contribution in [3.8, 4) is 0 Å². The predicted molar refractivity (Wildman–Crippen MR) is 84.7 cm³/mol. The Morgan fingerprint density at radius 2 is 1.75 bits per heavy atom. The molecule has 0 aliphatic carbocycles. The van der Waals surface area contributed by atoms with E-state index in [2.05, 4.69) is 44.8 Å². The quantitative estimate of drug-likeness (QED) is 0.613. The highest BCUT2D eigenvalue weighted by Crippen LogP contribution is 2.08. The molecule has 0 radical (unpaired) electrons. The third kappa shape index (κ3) is 10.2. The van der Waals surface area contributed by atoms with Crippen molar-refractivity contribution in [3.63, 3.8) is 0 Å². The average Bonchev–Trinajstić information content (AvgIpc) is 2.33. The van der Waals surface area contributed by atoms with Crippen LogP contribution in [0.4, 0.5) is 0 Å². The molecule has 0 saturated carbocycles. The highest BCUT2D eigenvalue weighted by Gasteiger charge is 2.15. The molecule has 1 unspecified atom stereocenters. The molecule has 0 fully saturated rings. The van der Waals surface area contributed by atoms with Gasteiger partial charge in [0.1, 0.15) is 0 Å². The van der Waals surface area contributed by atoms with Crippen molar-refractivity contribution >= 4 is 5.91 Å². The number of carbonyl (C=O) groups excluding carboxylic acids is 1. The lowest BCUT2D eigenvalue weighted by Gasteiger charge is -2.26. The monoisotopic (exact) mass is 286 g/mol. The largest absolute Gasteiger partial charge is 0.396 e. The van der Waals surface area contributed by atoms with Crippen LogP contribution in [0.5, 0.6) is 0 Å². The fraction of sp³-hybridized carbons (Fsp3) is 0.938. The molecule has 20 heavy (non-hydrogen) atoms. The van der Waals surface area contributed by atoms with E-state index in [1.165, 1.54) is 6.42 Å². The van der Waals surface area contributed by atoms with Gasteiger partial charge in [0.25, 0.3) is 0 Å². The van der Waals surface area contributed by atoms with Crippen LogP contribution >= 0.6 is 0 Å². The number of amides is 1. The fourth-order valence-electron chi connectivity index (χ4n) is 2.20. The van der Waals surface area contributed by atoms with Crippen LogP contribution in [0.1, 0.15) is 60.3 Å². The molecule has 4 nitrogen and oxygen atoms in total. The summed E-state index contributed by atoms with van der Waals surface area (Å²) < 4.78 is 0. The SMILES string of the molecule is CC(C)CCCC(C)NC(=O)CN(CCCO)C(C)C. The topological polar surface area (TPSA) is 52.6 Å². The second-order valence-corrected chi connectivity index (χ2v) is 6.43. The highest BCUT2D eigenvalue weighted by molar-refractivity contribution is 5.78. The first-order chi connectivity index (χ1) is 9.36. The van der Waals surface area contributed by atoms with Gasteiger partial charge in [-0.15, -0.1) is 0 Å². The second-order valence-electron chi connectivity index (χ2n) is 6.43. The van der Waals surface area contributed by atoms with Gasteiger partial charge in [-0.05, 0) is 39.5 Å². The van der Waals surface area contributed by atoms with Crippen molar-refractivity contribution in [2.24, 2.45) is 5.92 Å². The zero-order valence-corrected chi connectivity index (χ0v) is 14.0. The van der Waals surface area contributed by atoms with Crippen LogP contribution in [-0.2, 0) is 4.79 Å². The summed E-state index contributed by atoms with van der Waals surface area (Å²) in [6.45, 7) is 12.1. The molecule has 120 valence electrons. The van der Waals surface area contributed by atoms with E-state index < -0.39 is 0 Å². The minimum Gasteiger partial charge on any atom is -0.396 e. The predicted octanol–water partition coefficient (Wildman–Crippen LogP) is 2.41. The summed E-state index contributed by atoms with van der Waals surface area (Å²) in [6.07, 6.45) is 4.14. The molecule has 2 N–H and O–H groups in total. The van der Waals surface area contributed by atoms with Gasteiger partial charge < -0.3 is 10.4 Å². The number of aliphatic hydroxyl groups is 1. The average molecular weight is 286 g/mol. The summed E-state index contributed by atoms with van der Waals surface area (Å²) in [7, 11) is 0. The van der Waals surface area contributed by atoms with E-state index in [0.717, 1.165) is 31.7 Å². The van der Waals surface area contributed by atoms with Crippen molar-refractivity contribution < 1.29 is 9.90 Å². The first-order valence-electron chi connectivity index (χ1n) is 8.01. The minimum absolute atomic E-state index is 0.0914. The Hall–Kier alpha value is -0.610. The third-order valence-electron chi connectivity index (χ3n) is 3.51. The molecule has 0 aromatic carbocycles. The molecule has 1 amide bonds. The molecule has 0 bridgehead atoms. The Balaban J connectivity index is 3.98. The van der Waals surface area contributed by atoms with Crippen LogP contribution < -0.4 is 5.32 Å².